The number of anilines is 2. The highest BCUT2D eigenvalue weighted by Gasteiger charge is 2.32. The lowest BCUT2D eigenvalue weighted by Gasteiger charge is -2.26. The number of aliphatic imine (C=N–C) groups is 1. The van der Waals surface area contributed by atoms with Gasteiger partial charge in [-0.1, -0.05) is 24.3 Å². The fourth-order valence-corrected chi connectivity index (χ4v) is 3.00. The Bertz CT molecular complexity index is 888. The van der Waals surface area contributed by atoms with Gasteiger partial charge in [-0.3, -0.25) is 4.79 Å². The van der Waals surface area contributed by atoms with Crippen LogP contribution in [0.4, 0.5) is 24.5 Å². The molecule has 2 aromatic carbocycles. The van der Waals surface area contributed by atoms with Crippen LogP contribution in [0.2, 0.25) is 0 Å². The van der Waals surface area contributed by atoms with Gasteiger partial charge in [0.2, 0.25) is 5.91 Å². The van der Waals surface area contributed by atoms with Crippen molar-refractivity contribution in [2.45, 2.75) is 32.2 Å². The van der Waals surface area contributed by atoms with Crippen molar-refractivity contribution >= 4 is 47.2 Å². The molecule has 0 unspecified atom stereocenters. The summed E-state index contributed by atoms with van der Waals surface area (Å²) >= 11 is 0. The quantitative estimate of drug-likeness (QED) is 0.333. The smallest absolute Gasteiger partial charge is 0.404 e. The Morgan fingerprint density at radius 3 is 2.50 bits per heavy atom. The molecule has 30 heavy (non-hydrogen) atoms. The molecule has 2 aromatic rings. The number of hydrogen-bond donors (Lipinski definition) is 2. The fraction of sp³-hybridized carbons (Fsp3) is 0.300. The van der Waals surface area contributed by atoms with Crippen LogP contribution in [0.3, 0.4) is 0 Å². The molecule has 3 N–H and O–H groups in total. The second kappa shape index (κ2) is 10.5. The Morgan fingerprint density at radius 1 is 1.13 bits per heavy atom. The zero-order valence-electron chi connectivity index (χ0n) is 16.0. The van der Waals surface area contributed by atoms with Crippen LogP contribution in [-0.4, -0.2) is 24.8 Å². The number of ether oxygens (including phenoxy) is 1. The Kier molecular flexibility index (Phi) is 8.33. The van der Waals surface area contributed by atoms with Gasteiger partial charge in [-0.05, 0) is 42.7 Å². The van der Waals surface area contributed by atoms with E-state index in [1.165, 1.54) is 18.2 Å². The summed E-state index contributed by atoms with van der Waals surface area (Å²) in [7, 11) is 0. The summed E-state index contributed by atoms with van der Waals surface area (Å²) in [6.07, 6.45) is -2.33. The number of rotatable bonds is 5. The van der Waals surface area contributed by atoms with Gasteiger partial charge in [0.15, 0.2) is 11.7 Å². The van der Waals surface area contributed by atoms with Gasteiger partial charge in [-0.2, -0.15) is 0 Å². The normalized spacial score (nSPS) is 14.8. The first-order chi connectivity index (χ1) is 13.8. The van der Waals surface area contributed by atoms with E-state index in [0.29, 0.717) is 13.0 Å². The number of carbonyl (C=O) groups excluding carboxylic acids is 1. The first-order valence-corrected chi connectivity index (χ1v) is 9.13. The predicted molar refractivity (Wildman–Crippen MR) is 120 cm³/mol. The molecule has 10 heteroatoms. The van der Waals surface area contributed by atoms with Crippen molar-refractivity contribution in [1.29, 1.82) is 0 Å². The molecular formula is C20H22F3IN4O2. The van der Waals surface area contributed by atoms with Crippen molar-refractivity contribution < 1.29 is 22.7 Å². The minimum atomic E-state index is -4.80. The van der Waals surface area contributed by atoms with Crippen LogP contribution in [0.15, 0.2) is 53.5 Å². The van der Waals surface area contributed by atoms with E-state index < -0.39 is 12.1 Å². The van der Waals surface area contributed by atoms with E-state index in [0.717, 1.165) is 24.1 Å². The van der Waals surface area contributed by atoms with Crippen LogP contribution in [0.5, 0.6) is 5.75 Å². The number of benzene rings is 2. The van der Waals surface area contributed by atoms with Gasteiger partial charge in [0.05, 0.1) is 12.2 Å². The third kappa shape index (κ3) is 6.78. The number of halogens is 4. The zero-order chi connectivity index (χ0) is 20.9. The van der Waals surface area contributed by atoms with Crippen molar-refractivity contribution in [3.63, 3.8) is 0 Å². The molecular weight excluding hydrogens is 512 g/mol. The lowest BCUT2D eigenvalue weighted by molar-refractivity contribution is -0.274. The molecule has 0 aliphatic carbocycles. The topological polar surface area (TPSA) is 80.0 Å². The van der Waals surface area contributed by atoms with Crippen LogP contribution in [-0.2, 0) is 11.3 Å². The number of amides is 1. The van der Waals surface area contributed by atoms with Gasteiger partial charge in [0, 0.05) is 18.7 Å². The van der Waals surface area contributed by atoms with E-state index in [1.54, 1.807) is 11.0 Å². The average Bonchev–Trinajstić information content (AvgIpc) is 2.68. The molecule has 0 spiro atoms. The van der Waals surface area contributed by atoms with Gasteiger partial charge in [0.25, 0.3) is 0 Å². The molecule has 6 nitrogen and oxygen atoms in total. The highest BCUT2D eigenvalue weighted by molar-refractivity contribution is 14.0. The van der Waals surface area contributed by atoms with Crippen LogP contribution in [0, 0.1) is 0 Å². The number of alkyl halides is 3. The molecule has 1 heterocycles. The molecule has 1 aliphatic rings. The largest absolute Gasteiger partial charge is 0.573 e. The molecule has 1 aliphatic heterocycles. The third-order valence-corrected chi connectivity index (χ3v) is 4.38. The standard InChI is InChI=1S/C20H21F3N4O2.HI/c21-20(22,23)29-17-6-2-1-5-16(17)26-19(24)25-13-14-8-10-15(11-9-14)27-12-4-3-7-18(27)28;/h1-2,5-6,8-11H,3-4,7,12-13H2,(H3,24,25,26);1H. The van der Waals surface area contributed by atoms with Crippen molar-refractivity contribution in [1.82, 2.24) is 0 Å². The van der Waals surface area contributed by atoms with E-state index in [9.17, 15) is 18.0 Å². The van der Waals surface area contributed by atoms with Crippen LogP contribution in [0.25, 0.3) is 0 Å². The van der Waals surface area contributed by atoms with E-state index in [1.807, 2.05) is 24.3 Å². The number of hydrogen-bond acceptors (Lipinski definition) is 3. The van der Waals surface area contributed by atoms with E-state index in [4.69, 9.17) is 5.73 Å². The first kappa shape index (κ1) is 23.8. The highest BCUT2D eigenvalue weighted by atomic mass is 127. The lowest BCUT2D eigenvalue weighted by atomic mass is 10.1. The monoisotopic (exact) mass is 534 g/mol. The molecule has 162 valence electrons. The number of piperidine rings is 1. The summed E-state index contributed by atoms with van der Waals surface area (Å²) in [5.41, 5.74) is 7.55. The van der Waals surface area contributed by atoms with Crippen molar-refractivity contribution in [3.05, 3.63) is 54.1 Å². The van der Waals surface area contributed by atoms with Gasteiger partial charge in [0.1, 0.15) is 0 Å². The maximum Gasteiger partial charge on any atom is 0.573 e. The third-order valence-electron chi connectivity index (χ3n) is 4.38. The minimum Gasteiger partial charge on any atom is -0.404 e. The van der Waals surface area contributed by atoms with E-state index >= 15 is 0 Å². The molecule has 1 fully saturated rings. The van der Waals surface area contributed by atoms with Crippen LogP contribution >= 0.6 is 24.0 Å². The van der Waals surface area contributed by atoms with Gasteiger partial charge >= 0.3 is 6.36 Å². The highest BCUT2D eigenvalue weighted by Crippen LogP contribution is 2.29. The summed E-state index contributed by atoms with van der Waals surface area (Å²) < 4.78 is 41.4. The number of guanidine groups is 1. The van der Waals surface area contributed by atoms with E-state index in [2.05, 4.69) is 15.0 Å². The maximum absolute atomic E-state index is 12.5. The average molecular weight is 534 g/mol. The van der Waals surface area contributed by atoms with Crippen LogP contribution in [0.1, 0.15) is 24.8 Å². The van der Waals surface area contributed by atoms with Crippen molar-refractivity contribution in [3.8, 4) is 5.75 Å². The molecule has 0 atom stereocenters. The molecule has 0 bridgehead atoms. The molecule has 0 aromatic heterocycles. The number of nitrogens with zero attached hydrogens (tertiary/aromatic N) is 2. The molecule has 0 radical (unpaired) electrons. The van der Waals surface area contributed by atoms with E-state index in [-0.39, 0.29) is 48.1 Å². The fourth-order valence-electron chi connectivity index (χ4n) is 3.00. The van der Waals surface area contributed by atoms with Crippen molar-refractivity contribution in [2.75, 3.05) is 16.8 Å². The van der Waals surface area contributed by atoms with Crippen LogP contribution < -0.4 is 20.7 Å². The number of nitrogens with two attached hydrogens (primary N) is 1. The van der Waals surface area contributed by atoms with Gasteiger partial charge in [-0.15, -0.1) is 37.1 Å². The SMILES string of the molecule is I.NC(=NCc1ccc(N2CCCCC2=O)cc1)Nc1ccccc1OC(F)(F)F. The molecule has 3 rings (SSSR count). The maximum atomic E-state index is 12.5. The zero-order valence-corrected chi connectivity index (χ0v) is 18.3. The summed E-state index contributed by atoms with van der Waals surface area (Å²) in [5.74, 6) is -0.317. The Labute approximate surface area is 189 Å². The second-order valence-electron chi connectivity index (χ2n) is 6.54. The number of carbonyl (C=O) groups is 1. The van der Waals surface area contributed by atoms with Crippen molar-refractivity contribution in [2.24, 2.45) is 10.7 Å². The summed E-state index contributed by atoms with van der Waals surface area (Å²) in [4.78, 5) is 17.9. The Balaban J connectivity index is 0.00000320. The summed E-state index contributed by atoms with van der Waals surface area (Å²) in [6.45, 7) is 0.946. The summed E-state index contributed by atoms with van der Waals surface area (Å²) in [5, 5.41) is 2.62. The number of para-hydroxylation sites is 2. The molecule has 0 saturated carbocycles. The van der Waals surface area contributed by atoms with Gasteiger partial charge in [-0.25, -0.2) is 4.99 Å². The predicted octanol–water partition coefficient (Wildman–Crippen LogP) is 4.65. The second-order valence-corrected chi connectivity index (χ2v) is 6.54. The van der Waals surface area contributed by atoms with Gasteiger partial charge < -0.3 is 20.7 Å². The lowest BCUT2D eigenvalue weighted by Crippen LogP contribution is -2.35. The Morgan fingerprint density at radius 2 is 1.83 bits per heavy atom. The Hall–Kier alpha value is -2.50. The molecule has 1 saturated heterocycles. The molecule has 1 amide bonds. The summed E-state index contributed by atoms with van der Waals surface area (Å²) in [6, 6.07) is 13.0. The number of nitrogens with one attached hydrogen (secondary N) is 1. The first-order valence-electron chi connectivity index (χ1n) is 9.13. The minimum absolute atomic E-state index is 0.